The second-order valence-corrected chi connectivity index (χ2v) is 7.50. The van der Waals surface area contributed by atoms with Gasteiger partial charge in [-0.3, -0.25) is 9.59 Å². The van der Waals surface area contributed by atoms with Gasteiger partial charge < -0.3 is 10.2 Å². The molecule has 142 valence electrons. The van der Waals surface area contributed by atoms with E-state index in [4.69, 9.17) is 0 Å². The number of hydrogen-bond acceptors (Lipinski definition) is 2. The third-order valence-electron chi connectivity index (χ3n) is 5.43. The quantitative estimate of drug-likeness (QED) is 0.734. The van der Waals surface area contributed by atoms with Gasteiger partial charge in [0, 0.05) is 19.5 Å². The number of fused-ring (bicyclic) bond motifs is 1. The minimum Gasteiger partial charge on any atom is -0.349 e. The summed E-state index contributed by atoms with van der Waals surface area (Å²) < 4.78 is 0. The maximum absolute atomic E-state index is 12.7. The van der Waals surface area contributed by atoms with E-state index < -0.39 is 0 Å². The minimum absolute atomic E-state index is 0.0439. The molecule has 1 fully saturated rings. The second kappa shape index (κ2) is 7.85. The van der Waals surface area contributed by atoms with Crippen molar-refractivity contribution in [3.63, 3.8) is 0 Å². The molecule has 1 saturated heterocycles. The van der Waals surface area contributed by atoms with E-state index in [1.807, 2.05) is 49.4 Å². The molecule has 4 rings (SSSR count). The lowest BCUT2D eigenvalue weighted by Gasteiger charge is -2.19. The fraction of sp³-hybridized carbons (Fsp3) is 0.250. The Kier molecular flexibility index (Phi) is 5.11. The zero-order valence-electron chi connectivity index (χ0n) is 16.0. The van der Waals surface area contributed by atoms with E-state index in [1.165, 1.54) is 5.39 Å². The fourth-order valence-electron chi connectivity index (χ4n) is 3.80. The van der Waals surface area contributed by atoms with E-state index in [2.05, 4.69) is 35.6 Å². The Morgan fingerprint density at radius 1 is 1.04 bits per heavy atom. The number of likely N-dealkylation sites (tertiary alicyclic amines) is 1. The minimum atomic E-state index is -0.292. The molecule has 4 heteroatoms. The van der Waals surface area contributed by atoms with E-state index in [-0.39, 0.29) is 30.2 Å². The molecular weight excluding hydrogens is 348 g/mol. The molecule has 2 atom stereocenters. The summed E-state index contributed by atoms with van der Waals surface area (Å²) in [6.45, 7) is 3.02. The first-order chi connectivity index (χ1) is 13.6. The van der Waals surface area contributed by atoms with Crippen LogP contribution in [0.1, 0.15) is 30.5 Å². The number of nitrogens with zero attached hydrogens (tertiary/aromatic N) is 1. The molecule has 0 bridgehead atoms. The average molecular weight is 372 g/mol. The van der Waals surface area contributed by atoms with Gasteiger partial charge in [0.05, 0.1) is 12.0 Å². The number of carbonyl (C=O) groups is 2. The molecule has 0 radical (unpaired) electrons. The van der Waals surface area contributed by atoms with Crippen molar-refractivity contribution >= 4 is 22.6 Å². The van der Waals surface area contributed by atoms with Crippen LogP contribution in [-0.2, 0) is 16.1 Å². The van der Waals surface area contributed by atoms with Crippen molar-refractivity contribution < 1.29 is 9.59 Å². The summed E-state index contributed by atoms with van der Waals surface area (Å²) in [5.74, 6) is -0.300. The Balaban J connectivity index is 1.39. The highest BCUT2D eigenvalue weighted by Gasteiger charge is 2.34. The van der Waals surface area contributed by atoms with Crippen molar-refractivity contribution in [3.8, 4) is 0 Å². The predicted molar refractivity (Wildman–Crippen MR) is 110 cm³/mol. The Morgan fingerprint density at radius 2 is 1.75 bits per heavy atom. The van der Waals surface area contributed by atoms with Crippen LogP contribution in [0.2, 0.25) is 0 Å². The zero-order chi connectivity index (χ0) is 19.5. The molecule has 0 spiro atoms. The van der Waals surface area contributed by atoms with Crippen LogP contribution in [0.25, 0.3) is 10.8 Å². The van der Waals surface area contributed by atoms with E-state index in [0.29, 0.717) is 13.1 Å². The lowest BCUT2D eigenvalue weighted by atomic mass is 10.0. The average Bonchev–Trinajstić information content (AvgIpc) is 3.09. The van der Waals surface area contributed by atoms with Crippen molar-refractivity contribution in [3.05, 3.63) is 83.9 Å². The van der Waals surface area contributed by atoms with Crippen LogP contribution in [0.4, 0.5) is 0 Å². The van der Waals surface area contributed by atoms with Gasteiger partial charge in [0.1, 0.15) is 0 Å². The van der Waals surface area contributed by atoms with E-state index >= 15 is 0 Å². The number of rotatable bonds is 5. The predicted octanol–water partition coefficient (Wildman–Crippen LogP) is 4.07. The lowest BCUT2D eigenvalue weighted by molar-refractivity contribution is -0.129. The summed E-state index contributed by atoms with van der Waals surface area (Å²) in [6, 6.07) is 24.2. The van der Waals surface area contributed by atoms with E-state index in [1.54, 1.807) is 4.90 Å². The molecule has 3 aromatic carbocycles. The van der Waals surface area contributed by atoms with E-state index in [9.17, 15) is 9.59 Å². The Hall–Kier alpha value is -3.14. The van der Waals surface area contributed by atoms with E-state index in [0.717, 1.165) is 16.5 Å². The largest absolute Gasteiger partial charge is 0.349 e. The van der Waals surface area contributed by atoms with Gasteiger partial charge in [-0.1, -0.05) is 66.7 Å². The van der Waals surface area contributed by atoms with Crippen molar-refractivity contribution in [1.82, 2.24) is 10.2 Å². The summed E-state index contributed by atoms with van der Waals surface area (Å²) in [6.07, 6.45) is 0.281. The zero-order valence-corrected chi connectivity index (χ0v) is 16.0. The molecular formula is C24H24N2O2. The van der Waals surface area contributed by atoms with Gasteiger partial charge >= 0.3 is 0 Å². The van der Waals surface area contributed by atoms with Crippen molar-refractivity contribution in [2.24, 2.45) is 5.92 Å². The summed E-state index contributed by atoms with van der Waals surface area (Å²) in [4.78, 5) is 26.9. The highest BCUT2D eigenvalue weighted by atomic mass is 16.2. The number of carbonyl (C=O) groups excluding carboxylic acids is 2. The molecule has 0 saturated carbocycles. The van der Waals surface area contributed by atoms with Crippen LogP contribution in [0.15, 0.2) is 72.8 Å². The maximum atomic E-state index is 12.7. The van der Waals surface area contributed by atoms with Crippen LogP contribution >= 0.6 is 0 Å². The fourth-order valence-corrected chi connectivity index (χ4v) is 3.80. The SMILES string of the molecule is CC(NC(=O)C1CC(=O)N(Cc2ccccc2)C1)c1ccc2ccccc2c1. The van der Waals surface area contributed by atoms with Crippen molar-refractivity contribution in [1.29, 1.82) is 0 Å². The van der Waals surface area contributed by atoms with Gasteiger partial charge in [0.25, 0.3) is 0 Å². The molecule has 2 unspecified atom stereocenters. The Morgan fingerprint density at radius 3 is 2.54 bits per heavy atom. The first-order valence-corrected chi connectivity index (χ1v) is 9.71. The van der Waals surface area contributed by atoms with Crippen molar-refractivity contribution in [2.75, 3.05) is 6.54 Å². The maximum Gasteiger partial charge on any atom is 0.225 e. The van der Waals surface area contributed by atoms with Crippen LogP contribution in [0.3, 0.4) is 0 Å². The topological polar surface area (TPSA) is 49.4 Å². The number of nitrogens with one attached hydrogen (secondary N) is 1. The summed E-state index contributed by atoms with van der Waals surface area (Å²) in [7, 11) is 0. The summed E-state index contributed by atoms with van der Waals surface area (Å²) >= 11 is 0. The van der Waals surface area contributed by atoms with Gasteiger partial charge in [-0.25, -0.2) is 0 Å². The molecule has 1 N–H and O–H groups in total. The van der Waals surface area contributed by atoms with Crippen LogP contribution in [0, 0.1) is 5.92 Å². The third kappa shape index (κ3) is 3.91. The van der Waals surface area contributed by atoms with Gasteiger partial charge in [-0.05, 0) is 34.9 Å². The summed E-state index contributed by atoms with van der Waals surface area (Å²) in [5.41, 5.74) is 2.15. The van der Waals surface area contributed by atoms with Crippen LogP contribution in [0.5, 0.6) is 0 Å². The van der Waals surface area contributed by atoms with Gasteiger partial charge in [-0.2, -0.15) is 0 Å². The van der Waals surface area contributed by atoms with Crippen LogP contribution < -0.4 is 5.32 Å². The smallest absolute Gasteiger partial charge is 0.225 e. The third-order valence-corrected chi connectivity index (χ3v) is 5.43. The Bertz CT molecular complexity index is 1000. The molecule has 0 aromatic heterocycles. The normalized spacial score (nSPS) is 17.7. The highest BCUT2D eigenvalue weighted by molar-refractivity contribution is 5.89. The monoisotopic (exact) mass is 372 g/mol. The number of amides is 2. The van der Waals surface area contributed by atoms with Crippen LogP contribution in [-0.4, -0.2) is 23.3 Å². The molecule has 4 nitrogen and oxygen atoms in total. The molecule has 28 heavy (non-hydrogen) atoms. The molecule has 1 aliphatic rings. The molecule has 3 aromatic rings. The second-order valence-electron chi connectivity index (χ2n) is 7.50. The first kappa shape index (κ1) is 18.2. The molecule has 1 heterocycles. The lowest BCUT2D eigenvalue weighted by Crippen LogP contribution is -2.34. The molecule has 2 amide bonds. The molecule has 0 aliphatic carbocycles. The standard InChI is InChI=1S/C24H24N2O2/c1-17(20-12-11-19-9-5-6-10-21(19)13-20)25-24(28)22-14-23(27)26(16-22)15-18-7-3-2-4-8-18/h2-13,17,22H,14-16H2,1H3,(H,25,28). The highest BCUT2D eigenvalue weighted by Crippen LogP contribution is 2.23. The van der Waals surface area contributed by atoms with Gasteiger partial charge in [0.15, 0.2) is 0 Å². The molecule has 1 aliphatic heterocycles. The number of hydrogen-bond donors (Lipinski definition) is 1. The Labute approximate surface area is 165 Å². The first-order valence-electron chi connectivity index (χ1n) is 9.71. The van der Waals surface area contributed by atoms with Gasteiger partial charge in [0.2, 0.25) is 11.8 Å². The van der Waals surface area contributed by atoms with Crippen molar-refractivity contribution in [2.45, 2.75) is 25.9 Å². The number of benzene rings is 3. The summed E-state index contributed by atoms with van der Waals surface area (Å²) in [5, 5.41) is 5.43. The van der Waals surface area contributed by atoms with Gasteiger partial charge in [-0.15, -0.1) is 0 Å².